The summed E-state index contributed by atoms with van der Waals surface area (Å²) in [5, 5.41) is 11.6. The lowest BCUT2D eigenvalue weighted by atomic mass is 10.0. The lowest BCUT2D eigenvalue weighted by molar-refractivity contribution is 0.231. The molecular weight excluding hydrogens is 190 g/mol. The van der Waals surface area contributed by atoms with Crippen LogP contribution in [0.2, 0.25) is 0 Å². The van der Waals surface area contributed by atoms with Gasteiger partial charge in [-0.25, -0.2) is 0 Å². The first-order chi connectivity index (χ1) is 7.15. The Labute approximate surface area is 92.1 Å². The van der Waals surface area contributed by atoms with Crippen LogP contribution in [0.4, 0.5) is 0 Å². The van der Waals surface area contributed by atoms with Crippen molar-refractivity contribution in [2.24, 2.45) is 16.3 Å². The van der Waals surface area contributed by atoms with Gasteiger partial charge in [0, 0.05) is 13.0 Å². The van der Waals surface area contributed by atoms with Crippen LogP contribution in [-0.2, 0) is 0 Å². The van der Waals surface area contributed by atoms with Crippen molar-refractivity contribution in [3.05, 3.63) is 0 Å². The molecule has 0 radical (unpaired) electrons. The Balaban J connectivity index is 2.41. The van der Waals surface area contributed by atoms with Crippen molar-refractivity contribution in [1.29, 1.82) is 0 Å². The zero-order valence-electron chi connectivity index (χ0n) is 9.87. The second kappa shape index (κ2) is 5.35. The molecule has 4 heteroatoms. The van der Waals surface area contributed by atoms with E-state index in [0.29, 0.717) is 11.3 Å². The van der Waals surface area contributed by atoms with Crippen molar-refractivity contribution < 1.29 is 5.21 Å². The third kappa shape index (κ3) is 3.70. The molecule has 0 aromatic carbocycles. The topological polar surface area (TPSA) is 61.8 Å². The van der Waals surface area contributed by atoms with Crippen LogP contribution in [0.3, 0.4) is 0 Å². The summed E-state index contributed by atoms with van der Waals surface area (Å²) in [5.41, 5.74) is 5.88. The van der Waals surface area contributed by atoms with Crippen molar-refractivity contribution in [3.63, 3.8) is 0 Å². The van der Waals surface area contributed by atoms with Gasteiger partial charge in [-0.3, -0.25) is 0 Å². The van der Waals surface area contributed by atoms with Crippen molar-refractivity contribution in [2.45, 2.75) is 39.5 Å². The van der Waals surface area contributed by atoms with Crippen LogP contribution in [0.25, 0.3) is 0 Å². The molecule has 0 saturated heterocycles. The van der Waals surface area contributed by atoms with E-state index in [2.05, 4.69) is 23.9 Å². The lowest BCUT2D eigenvalue weighted by Crippen LogP contribution is -2.33. The molecule has 0 aromatic heterocycles. The average Bonchev–Trinajstić information content (AvgIpc) is 2.97. The third-order valence-electron chi connectivity index (χ3n) is 3.19. The molecule has 4 nitrogen and oxygen atoms in total. The molecule has 3 N–H and O–H groups in total. The number of hydrogen-bond acceptors (Lipinski definition) is 3. The van der Waals surface area contributed by atoms with Crippen molar-refractivity contribution in [2.75, 3.05) is 19.6 Å². The fourth-order valence-corrected chi connectivity index (χ4v) is 2.13. The van der Waals surface area contributed by atoms with Gasteiger partial charge < -0.3 is 15.8 Å². The van der Waals surface area contributed by atoms with Gasteiger partial charge in [-0.1, -0.05) is 19.0 Å². The average molecular weight is 213 g/mol. The molecule has 0 heterocycles. The van der Waals surface area contributed by atoms with Gasteiger partial charge in [-0.05, 0) is 37.8 Å². The van der Waals surface area contributed by atoms with Crippen LogP contribution >= 0.6 is 0 Å². The quantitative estimate of drug-likeness (QED) is 0.292. The van der Waals surface area contributed by atoms with E-state index >= 15 is 0 Å². The molecule has 0 atom stereocenters. The van der Waals surface area contributed by atoms with Gasteiger partial charge in [-0.2, -0.15) is 0 Å². The standard InChI is InChI=1S/C11H23N3O/c1-3-7-14(4-2)9-11(5-6-11)8-10(12)13-15/h15H,3-9H2,1-2H3,(H2,12,13). The van der Waals surface area contributed by atoms with Gasteiger partial charge in [0.1, 0.15) is 5.84 Å². The summed E-state index contributed by atoms with van der Waals surface area (Å²) in [4.78, 5) is 2.46. The minimum absolute atomic E-state index is 0.307. The van der Waals surface area contributed by atoms with Crippen LogP contribution in [0.15, 0.2) is 5.16 Å². The van der Waals surface area contributed by atoms with E-state index < -0.39 is 0 Å². The Hall–Kier alpha value is -0.770. The Kier molecular flexibility index (Phi) is 4.39. The molecule has 0 unspecified atom stereocenters. The zero-order chi connectivity index (χ0) is 11.3. The van der Waals surface area contributed by atoms with Crippen molar-refractivity contribution in [3.8, 4) is 0 Å². The highest BCUT2D eigenvalue weighted by Gasteiger charge is 2.44. The van der Waals surface area contributed by atoms with Gasteiger partial charge in [0.15, 0.2) is 0 Å². The minimum atomic E-state index is 0.307. The molecule has 1 fully saturated rings. The zero-order valence-corrected chi connectivity index (χ0v) is 9.87. The van der Waals surface area contributed by atoms with Crippen molar-refractivity contribution in [1.82, 2.24) is 4.90 Å². The Bertz CT molecular complexity index is 224. The highest BCUT2D eigenvalue weighted by atomic mass is 16.4. The molecule has 1 aliphatic rings. The van der Waals surface area contributed by atoms with E-state index in [-0.39, 0.29) is 0 Å². The number of nitrogens with zero attached hydrogens (tertiary/aromatic N) is 2. The molecule has 0 aromatic rings. The number of oxime groups is 1. The van der Waals surface area contributed by atoms with E-state index in [1.54, 1.807) is 0 Å². The smallest absolute Gasteiger partial charge is 0.139 e. The van der Waals surface area contributed by atoms with Crippen LogP contribution in [0.5, 0.6) is 0 Å². The molecule has 0 aliphatic heterocycles. The molecule has 1 saturated carbocycles. The first-order valence-corrected chi connectivity index (χ1v) is 5.84. The van der Waals surface area contributed by atoms with Crippen LogP contribution in [0.1, 0.15) is 39.5 Å². The molecule has 0 spiro atoms. The SMILES string of the molecule is CCCN(CC)CC1(CC(N)=NO)CC1. The molecule has 0 bridgehead atoms. The van der Waals surface area contributed by atoms with Crippen LogP contribution in [0, 0.1) is 5.41 Å². The maximum absolute atomic E-state index is 8.57. The summed E-state index contributed by atoms with van der Waals surface area (Å²) in [7, 11) is 0. The second-order valence-electron chi connectivity index (χ2n) is 4.64. The highest BCUT2D eigenvalue weighted by molar-refractivity contribution is 5.80. The van der Waals surface area contributed by atoms with E-state index in [1.807, 2.05) is 0 Å². The summed E-state index contributed by atoms with van der Waals surface area (Å²) < 4.78 is 0. The summed E-state index contributed by atoms with van der Waals surface area (Å²) in [6.07, 6.45) is 4.35. The molecular formula is C11H23N3O. The fourth-order valence-electron chi connectivity index (χ4n) is 2.13. The summed E-state index contributed by atoms with van der Waals surface area (Å²) in [6.45, 7) is 7.72. The molecule has 0 amide bonds. The number of rotatable bonds is 7. The van der Waals surface area contributed by atoms with E-state index in [4.69, 9.17) is 10.9 Å². The van der Waals surface area contributed by atoms with Crippen molar-refractivity contribution >= 4 is 5.84 Å². The second-order valence-corrected chi connectivity index (χ2v) is 4.64. The van der Waals surface area contributed by atoms with E-state index in [0.717, 1.165) is 26.1 Å². The lowest BCUT2D eigenvalue weighted by Gasteiger charge is -2.25. The maximum Gasteiger partial charge on any atom is 0.139 e. The molecule has 15 heavy (non-hydrogen) atoms. The molecule has 1 rings (SSSR count). The first-order valence-electron chi connectivity index (χ1n) is 5.84. The Morgan fingerprint density at radius 3 is 2.53 bits per heavy atom. The number of amidine groups is 1. The van der Waals surface area contributed by atoms with Crippen LogP contribution < -0.4 is 5.73 Å². The minimum Gasteiger partial charge on any atom is -0.409 e. The van der Waals surface area contributed by atoms with Gasteiger partial charge in [0.25, 0.3) is 0 Å². The predicted octanol–water partition coefficient (Wildman–Crippen LogP) is 1.63. The Morgan fingerprint density at radius 1 is 1.47 bits per heavy atom. The summed E-state index contributed by atoms with van der Waals surface area (Å²) in [6, 6.07) is 0. The van der Waals surface area contributed by atoms with E-state index in [1.165, 1.54) is 19.3 Å². The van der Waals surface area contributed by atoms with Gasteiger partial charge in [0.2, 0.25) is 0 Å². The van der Waals surface area contributed by atoms with Gasteiger partial charge >= 0.3 is 0 Å². The first kappa shape index (κ1) is 12.3. The highest BCUT2D eigenvalue weighted by Crippen LogP contribution is 2.49. The monoisotopic (exact) mass is 213 g/mol. The molecule has 88 valence electrons. The molecule has 1 aliphatic carbocycles. The third-order valence-corrected chi connectivity index (χ3v) is 3.19. The Morgan fingerprint density at radius 2 is 2.13 bits per heavy atom. The number of hydrogen-bond donors (Lipinski definition) is 2. The largest absolute Gasteiger partial charge is 0.409 e. The summed E-state index contributed by atoms with van der Waals surface area (Å²) >= 11 is 0. The van der Waals surface area contributed by atoms with E-state index in [9.17, 15) is 0 Å². The fraction of sp³-hybridized carbons (Fsp3) is 0.909. The van der Waals surface area contributed by atoms with Gasteiger partial charge in [0.05, 0.1) is 0 Å². The summed E-state index contributed by atoms with van der Waals surface area (Å²) in [5.74, 6) is 0.375. The van der Waals surface area contributed by atoms with Crippen LogP contribution in [-0.4, -0.2) is 35.6 Å². The number of nitrogens with two attached hydrogens (primary N) is 1. The normalized spacial score (nSPS) is 19.5. The maximum atomic E-state index is 8.57. The van der Waals surface area contributed by atoms with Gasteiger partial charge in [-0.15, -0.1) is 0 Å². The predicted molar refractivity (Wildman–Crippen MR) is 62.1 cm³/mol.